The van der Waals surface area contributed by atoms with Gasteiger partial charge in [0.1, 0.15) is 11.5 Å². The molecule has 0 aliphatic carbocycles. The van der Waals surface area contributed by atoms with Crippen LogP contribution in [0, 0.1) is 23.0 Å². The molecule has 1 fully saturated rings. The Hall–Kier alpha value is -4.99. The molecular weight excluding hydrogens is 532 g/mol. The number of pyridine rings is 1. The minimum absolute atomic E-state index is 0.176. The van der Waals surface area contributed by atoms with Crippen LogP contribution in [0.1, 0.15) is 22.5 Å². The Morgan fingerprint density at radius 3 is 2.66 bits per heavy atom. The molecule has 5 rings (SSSR count). The number of ether oxygens (including phenoxy) is 1. The van der Waals surface area contributed by atoms with Gasteiger partial charge in [0.15, 0.2) is 17.4 Å². The Labute approximate surface area is 233 Å². The molecule has 5 N–H and O–H groups in total. The molecule has 0 unspecified atom stereocenters. The van der Waals surface area contributed by atoms with Crippen molar-refractivity contribution in [2.24, 2.45) is 11.5 Å². The molecule has 208 valence electrons. The van der Waals surface area contributed by atoms with E-state index in [9.17, 15) is 23.9 Å². The average Bonchev–Trinajstić information content (AvgIpc) is 3.38. The van der Waals surface area contributed by atoms with Crippen LogP contribution >= 0.6 is 0 Å². The third kappa shape index (κ3) is 5.04. The lowest BCUT2D eigenvalue weighted by Crippen LogP contribution is -2.33. The summed E-state index contributed by atoms with van der Waals surface area (Å²) in [5.74, 6) is -3.31. The number of hydrogen-bond donors (Lipinski definition) is 3. The summed E-state index contributed by atoms with van der Waals surface area (Å²) in [5, 5.41) is 19.8. The van der Waals surface area contributed by atoms with Crippen molar-refractivity contribution in [3.63, 3.8) is 0 Å². The minimum Gasteiger partial charge on any atom is -0.493 e. The van der Waals surface area contributed by atoms with Gasteiger partial charge in [0.05, 0.1) is 37.0 Å². The van der Waals surface area contributed by atoms with Crippen molar-refractivity contribution in [2.75, 3.05) is 25.2 Å². The highest BCUT2D eigenvalue weighted by atomic mass is 19.1. The maximum Gasteiger partial charge on any atom is 0.268 e. The van der Waals surface area contributed by atoms with Gasteiger partial charge in [0, 0.05) is 53.6 Å². The van der Waals surface area contributed by atoms with Gasteiger partial charge in [0.25, 0.3) is 5.91 Å². The fourth-order valence-electron chi connectivity index (χ4n) is 5.14. The number of amides is 1. The molecule has 2 aromatic heterocycles. The average molecular weight is 558 g/mol. The Bertz CT molecular complexity index is 1690. The normalized spacial score (nSPS) is 16.4. The standard InChI is InChI=1S/C29H25F2N7O3/c1-41-27-23(31)5-4-22(30)25(27)29-36-12-21(26(37-29)28(34)40)19-3-2-15(20-11-35-7-6-16(20)10-32)8-24(19)38-13-17(33)9-18(38)14-39/h2-8,11-12,17-18,39H,9,13-14,33H2,1H3,(H2,34,40)/t17-,18-/m0/s1. The van der Waals surface area contributed by atoms with E-state index in [1.807, 2.05) is 11.0 Å². The Morgan fingerprint density at radius 1 is 1.17 bits per heavy atom. The van der Waals surface area contributed by atoms with Crippen LogP contribution in [0.25, 0.3) is 33.6 Å². The predicted octanol–water partition coefficient (Wildman–Crippen LogP) is 3.03. The van der Waals surface area contributed by atoms with Gasteiger partial charge in [-0.15, -0.1) is 0 Å². The summed E-state index contributed by atoms with van der Waals surface area (Å²) < 4.78 is 34.2. The molecule has 2 atom stereocenters. The first-order valence-corrected chi connectivity index (χ1v) is 12.6. The number of methoxy groups -OCH3 is 1. The highest BCUT2D eigenvalue weighted by Gasteiger charge is 2.32. The number of nitrogens with two attached hydrogens (primary N) is 2. The lowest BCUT2D eigenvalue weighted by Gasteiger charge is -2.28. The number of nitriles is 1. The molecule has 2 aromatic carbocycles. The van der Waals surface area contributed by atoms with Crippen LogP contribution in [0.4, 0.5) is 14.5 Å². The summed E-state index contributed by atoms with van der Waals surface area (Å²) in [6, 6.07) is 10.3. The number of benzene rings is 2. The van der Waals surface area contributed by atoms with Crippen molar-refractivity contribution in [3.8, 4) is 45.5 Å². The van der Waals surface area contributed by atoms with Gasteiger partial charge in [-0.1, -0.05) is 12.1 Å². The highest BCUT2D eigenvalue weighted by Crippen LogP contribution is 2.40. The SMILES string of the molecule is COc1c(F)ccc(F)c1-c1ncc(-c2ccc(-c3cnccc3C#N)cc2N2C[C@@H](N)C[C@H]2CO)c(C(N)=O)n1. The summed E-state index contributed by atoms with van der Waals surface area (Å²) in [6.45, 7) is 0.223. The van der Waals surface area contributed by atoms with Crippen molar-refractivity contribution < 1.29 is 23.4 Å². The summed E-state index contributed by atoms with van der Waals surface area (Å²) in [7, 11) is 1.18. The number of hydrogen-bond acceptors (Lipinski definition) is 9. The molecule has 0 saturated carbocycles. The van der Waals surface area contributed by atoms with Gasteiger partial charge in [-0.25, -0.2) is 18.7 Å². The molecule has 10 nitrogen and oxygen atoms in total. The molecule has 1 amide bonds. The zero-order valence-corrected chi connectivity index (χ0v) is 21.9. The number of halogens is 2. The van der Waals surface area contributed by atoms with Crippen molar-refractivity contribution in [3.05, 3.63) is 77.9 Å². The number of aliphatic hydroxyl groups is 1. The molecule has 1 aliphatic heterocycles. The summed E-state index contributed by atoms with van der Waals surface area (Å²) >= 11 is 0. The van der Waals surface area contributed by atoms with E-state index in [1.165, 1.54) is 19.5 Å². The quantitative estimate of drug-likeness (QED) is 0.310. The van der Waals surface area contributed by atoms with Crippen molar-refractivity contribution in [2.45, 2.75) is 18.5 Å². The van der Waals surface area contributed by atoms with E-state index >= 15 is 0 Å². The molecule has 1 aliphatic rings. The topological polar surface area (TPSA) is 164 Å². The van der Waals surface area contributed by atoms with E-state index in [-0.39, 0.29) is 41.3 Å². The molecule has 3 heterocycles. The largest absolute Gasteiger partial charge is 0.493 e. The van der Waals surface area contributed by atoms with Crippen molar-refractivity contribution in [1.82, 2.24) is 15.0 Å². The second-order valence-corrected chi connectivity index (χ2v) is 9.51. The molecule has 4 aromatic rings. The van der Waals surface area contributed by atoms with Crippen molar-refractivity contribution >= 4 is 11.6 Å². The molecular formula is C29H25F2N7O3. The number of nitrogens with zero attached hydrogens (tertiary/aromatic N) is 5. The first kappa shape index (κ1) is 27.6. The highest BCUT2D eigenvalue weighted by molar-refractivity contribution is 6.00. The number of anilines is 1. The monoisotopic (exact) mass is 557 g/mol. The summed E-state index contributed by atoms with van der Waals surface area (Å²) in [5.41, 5.74) is 14.3. The zero-order valence-electron chi connectivity index (χ0n) is 21.9. The molecule has 1 saturated heterocycles. The van der Waals surface area contributed by atoms with Gasteiger partial charge in [-0.3, -0.25) is 9.78 Å². The number of rotatable bonds is 7. The van der Waals surface area contributed by atoms with Gasteiger partial charge in [-0.05, 0) is 36.2 Å². The Kier molecular flexibility index (Phi) is 7.56. The fraction of sp³-hybridized carbons (Fsp3) is 0.207. The molecule has 0 spiro atoms. The van der Waals surface area contributed by atoms with Gasteiger partial charge in [0.2, 0.25) is 0 Å². The third-order valence-electron chi connectivity index (χ3n) is 7.02. The molecule has 0 bridgehead atoms. The van der Waals surface area contributed by atoms with Crippen molar-refractivity contribution in [1.29, 1.82) is 5.26 Å². The maximum absolute atomic E-state index is 14.8. The second-order valence-electron chi connectivity index (χ2n) is 9.51. The second kappa shape index (κ2) is 11.2. The number of primary amides is 1. The van der Waals surface area contributed by atoms with Gasteiger partial charge >= 0.3 is 0 Å². The van der Waals surface area contributed by atoms with Gasteiger partial charge in [-0.2, -0.15) is 5.26 Å². The molecule has 41 heavy (non-hydrogen) atoms. The Morgan fingerprint density at radius 2 is 1.95 bits per heavy atom. The molecule has 12 heteroatoms. The smallest absolute Gasteiger partial charge is 0.268 e. The van der Waals surface area contributed by atoms with Crippen LogP contribution in [-0.4, -0.2) is 58.3 Å². The summed E-state index contributed by atoms with van der Waals surface area (Å²) in [6.07, 6.45) is 4.92. The predicted molar refractivity (Wildman–Crippen MR) is 147 cm³/mol. The van der Waals surface area contributed by atoms with Crippen LogP contribution in [0.5, 0.6) is 5.75 Å². The van der Waals surface area contributed by atoms with E-state index < -0.39 is 23.3 Å². The van der Waals surface area contributed by atoms with Crippen LogP contribution in [0.15, 0.2) is 55.0 Å². The maximum atomic E-state index is 14.8. The summed E-state index contributed by atoms with van der Waals surface area (Å²) in [4.78, 5) is 27.2. The zero-order chi connectivity index (χ0) is 29.3. The Balaban J connectivity index is 1.73. The first-order valence-electron chi connectivity index (χ1n) is 12.6. The lowest BCUT2D eigenvalue weighted by atomic mass is 9.95. The van der Waals surface area contributed by atoms with E-state index in [0.29, 0.717) is 40.9 Å². The van der Waals surface area contributed by atoms with E-state index in [4.69, 9.17) is 16.2 Å². The lowest BCUT2D eigenvalue weighted by molar-refractivity contribution is 0.0996. The van der Waals surface area contributed by atoms with E-state index in [1.54, 1.807) is 24.4 Å². The number of carbonyl (C=O) groups is 1. The number of aliphatic hydroxyl groups excluding tert-OH is 1. The number of carbonyl (C=O) groups excluding carboxylic acids is 1. The first-order chi connectivity index (χ1) is 19.8. The van der Waals surface area contributed by atoms with Crippen LogP contribution in [0.3, 0.4) is 0 Å². The minimum atomic E-state index is -0.926. The van der Waals surface area contributed by atoms with Crippen LogP contribution < -0.4 is 21.1 Å². The van der Waals surface area contributed by atoms with E-state index in [2.05, 4.69) is 21.0 Å². The third-order valence-corrected chi connectivity index (χ3v) is 7.02. The fourth-order valence-corrected chi connectivity index (χ4v) is 5.14. The van der Waals surface area contributed by atoms with E-state index in [0.717, 1.165) is 12.1 Å². The van der Waals surface area contributed by atoms with Crippen LogP contribution in [0.2, 0.25) is 0 Å². The molecule has 0 radical (unpaired) electrons. The van der Waals surface area contributed by atoms with Crippen LogP contribution in [-0.2, 0) is 0 Å². The number of aromatic nitrogens is 3. The van der Waals surface area contributed by atoms with Gasteiger partial charge < -0.3 is 26.2 Å².